The number of nitrogens with zero attached hydrogens (tertiary/aromatic N) is 2. The van der Waals surface area contributed by atoms with E-state index < -0.39 is 23.9 Å². The molecule has 0 spiro atoms. The van der Waals surface area contributed by atoms with Gasteiger partial charge in [0.15, 0.2) is 11.3 Å². The lowest BCUT2D eigenvalue weighted by Gasteiger charge is -2.15. The number of carbonyl (C=O) groups is 4. The predicted octanol–water partition coefficient (Wildman–Crippen LogP) is 4.46. The molecule has 0 saturated heterocycles. The quantitative estimate of drug-likeness (QED) is 0.258. The van der Waals surface area contributed by atoms with Gasteiger partial charge in [0, 0.05) is 29.4 Å². The second-order valence-electron chi connectivity index (χ2n) is 8.27. The van der Waals surface area contributed by atoms with Gasteiger partial charge in [-0.3, -0.25) is 14.9 Å². The number of nitriles is 1. The first-order valence-electron chi connectivity index (χ1n) is 11.5. The highest BCUT2D eigenvalue weighted by molar-refractivity contribution is 6.14. The fraction of sp³-hybridized carbons (Fsp3) is 0.111. The normalized spacial score (nSPS) is 10.3. The Morgan fingerprint density at radius 1 is 0.950 bits per heavy atom. The Balaban J connectivity index is 1.81. The molecule has 13 heteroatoms. The molecule has 1 heterocycles. The number of carboxylic acids is 1. The molecule has 13 nitrogen and oxygen atoms in total. The van der Waals surface area contributed by atoms with Crippen molar-refractivity contribution in [1.29, 1.82) is 5.26 Å². The van der Waals surface area contributed by atoms with Crippen LogP contribution in [0.3, 0.4) is 0 Å². The number of ether oxygens (including phenoxy) is 2. The molecule has 0 aliphatic heterocycles. The van der Waals surface area contributed by atoms with Crippen LogP contribution in [-0.4, -0.2) is 48.4 Å². The van der Waals surface area contributed by atoms with E-state index >= 15 is 0 Å². The maximum Gasteiger partial charge on any atom is 0.411 e. The summed E-state index contributed by atoms with van der Waals surface area (Å²) in [5.41, 5.74) is 1.31. The van der Waals surface area contributed by atoms with E-state index in [-0.39, 0.29) is 39.2 Å². The van der Waals surface area contributed by atoms with Gasteiger partial charge >= 0.3 is 12.1 Å². The van der Waals surface area contributed by atoms with Crippen molar-refractivity contribution in [3.05, 3.63) is 65.4 Å². The number of carbonyl (C=O) groups excluding carboxylic acids is 3. The molecule has 0 bridgehead atoms. The molecule has 1 aromatic heterocycles. The van der Waals surface area contributed by atoms with Gasteiger partial charge in [-0.15, -0.1) is 0 Å². The molecule has 0 aliphatic carbocycles. The van der Waals surface area contributed by atoms with Crippen molar-refractivity contribution < 1.29 is 38.3 Å². The van der Waals surface area contributed by atoms with Crippen LogP contribution >= 0.6 is 0 Å². The van der Waals surface area contributed by atoms with E-state index in [9.17, 15) is 24.3 Å². The number of hydrogen-bond acceptors (Lipinski definition) is 9. The maximum absolute atomic E-state index is 13.1. The number of aromatic nitrogens is 1. The molecule has 3 amide bonds. The molecule has 0 fully saturated rings. The molecular weight excluding hydrogens is 522 g/mol. The van der Waals surface area contributed by atoms with Crippen molar-refractivity contribution in [3.8, 4) is 22.9 Å². The number of benzene rings is 3. The molecule has 0 atom stereocenters. The second-order valence-corrected chi connectivity index (χ2v) is 8.27. The number of methoxy groups -OCH3 is 2. The zero-order chi connectivity index (χ0) is 29.0. The van der Waals surface area contributed by atoms with Gasteiger partial charge in [-0.2, -0.15) is 5.26 Å². The van der Waals surface area contributed by atoms with Crippen LogP contribution < -0.4 is 20.7 Å². The van der Waals surface area contributed by atoms with Gasteiger partial charge in [0.1, 0.15) is 5.75 Å². The van der Waals surface area contributed by atoms with E-state index in [2.05, 4.69) is 25.8 Å². The Labute approximate surface area is 226 Å². The molecule has 0 aliphatic rings. The van der Waals surface area contributed by atoms with Crippen molar-refractivity contribution in [1.82, 2.24) is 5.16 Å². The standard InChI is InChI=1S/C27H21N5O8/c1-13(33)29-21-10-19-23(11-16(21)17-9-15(30-27(37)39-3)5-7-22(17)38-2)40-32-24(19)25(34)31-20-6-4-14(12-28)8-18(20)26(35)36/h4-11H,1-3H3,(H,29,33)(H,30,37)(H,31,34)(H,35,36). The minimum absolute atomic E-state index is 0.0500. The van der Waals surface area contributed by atoms with E-state index in [1.807, 2.05) is 6.07 Å². The van der Waals surface area contributed by atoms with Gasteiger partial charge in [-0.1, -0.05) is 5.16 Å². The van der Waals surface area contributed by atoms with Gasteiger partial charge < -0.3 is 29.7 Å². The summed E-state index contributed by atoms with van der Waals surface area (Å²) < 4.78 is 15.5. The Morgan fingerprint density at radius 2 is 1.73 bits per heavy atom. The number of carboxylic acid groups (broad SMARTS) is 1. The minimum Gasteiger partial charge on any atom is -0.496 e. The fourth-order valence-electron chi connectivity index (χ4n) is 3.91. The Bertz CT molecular complexity index is 1720. The molecule has 0 radical (unpaired) electrons. The monoisotopic (exact) mass is 543 g/mol. The van der Waals surface area contributed by atoms with Gasteiger partial charge in [-0.05, 0) is 48.5 Å². The zero-order valence-corrected chi connectivity index (χ0v) is 21.3. The van der Waals surface area contributed by atoms with Crippen LogP contribution in [0, 0.1) is 11.3 Å². The van der Waals surface area contributed by atoms with Crippen molar-refractivity contribution in [2.45, 2.75) is 6.92 Å². The van der Waals surface area contributed by atoms with Crippen LogP contribution in [0.15, 0.2) is 53.1 Å². The summed E-state index contributed by atoms with van der Waals surface area (Å²) in [5, 5.41) is 30.4. The highest BCUT2D eigenvalue weighted by Gasteiger charge is 2.23. The lowest BCUT2D eigenvalue weighted by atomic mass is 9.99. The smallest absolute Gasteiger partial charge is 0.411 e. The number of anilines is 3. The topological polar surface area (TPSA) is 193 Å². The number of amides is 3. The highest BCUT2D eigenvalue weighted by atomic mass is 16.5. The van der Waals surface area contributed by atoms with Crippen LogP contribution in [0.25, 0.3) is 22.1 Å². The Kier molecular flexibility index (Phi) is 7.62. The van der Waals surface area contributed by atoms with Crippen LogP contribution in [0.1, 0.15) is 33.3 Å². The van der Waals surface area contributed by atoms with Gasteiger partial charge in [0.25, 0.3) is 5.91 Å². The maximum atomic E-state index is 13.1. The molecule has 0 saturated carbocycles. The third-order valence-corrected chi connectivity index (χ3v) is 5.68. The van der Waals surface area contributed by atoms with Crippen LogP contribution in [0.2, 0.25) is 0 Å². The molecule has 3 aromatic carbocycles. The SMILES string of the molecule is COC(=O)Nc1ccc(OC)c(-c2cc3onc(C(=O)Nc4ccc(C#N)cc4C(=O)O)c3cc2NC(C)=O)c1. The van der Waals surface area contributed by atoms with Crippen LogP contribution in [0.4, 0.5) is 21.9 Å². The lowest BCUT2D eigenvalue weighted by molar-refractivity contribution is -0.114. The fourth-order valence-corrected chi connectivity index (χ4v) is 3.91. The number of nitrogens with one attached hydrogen (secondary N) is 3. The average Bonchev–Trinajstić information content (AvgIpc) is 3.35. The van der Waals surface area contributed by atoms with E-state index in [1.54, 1.807) is 18.2 Å². The molecule has 0 unspecified atom stereocenters. The molecule has 40 heavy (non-hydrogen) atoms. The number of rotatable bonds is 7. The summed E-state index contributed by atoms with van der Waals surface area (Å²) in [6, 6.07) is 13.5. The Morgan fingerprint density at radius 3 is 2.38 bits per heavy atom. The first kappa shape index (κ1) is 27.1. The summed E-state index contributed by atoms with van der Waals surface area (Å²) in [7, 11) is 2.68. The largest absolute Gasteiger partial charge is 0.496 e. The van der Waals surface area contributed by atoms with Gasteiger partial charge in [0.2, 0.25) is 5.91 Å². The van der Waals surface area contributed by atoms with E-state index in [4.69, 9.17) is 14.5 Å². The van der Waals surface area contributed by atoms with Crippen molar-refractivity contribution in [2.75, 3.05) is 30.2 Å². The van der Waals surface area contributed by atoms with Crippen LogP contribution in [-0.2, 0) is 9.53 Å². The van der Waals surface area contributed by atoms with Crippen LogP contribution in [0.5, 0.6) is 5.75 Å². The first-order chi connectivity index (χ1) is 19.1. The number of fused-ring (bicyclic) bond motifs is 1. The second kappa shape index (κ2) is 11.2. The zero-order valence-electron chi connectivity index (χ0n) is 21.3. The first-order valence-corrected chi connectivity index (χ1v) is 11.5. The van der Waals surface area contributed by atoms with Crippen molar-refractivity contribution in [3.63, 3.8) is 0 Å². The molecular formula is C27H21N5O8. The van der Waals surface area contributed by atoms with E-state index in [0.717, 1.165) is 6.07 Å². The van der Waals surface area contributed by atoms with E-state index in [0.29, 0.717) is 22.6 Å². The molecule has 4 rings (SSSR count). The van der Waals surface area contributed by atoms with Gasteiger partial charge in [-0.25, -0.2) is 9.59 Å². The third kappa shape index (κ3) is 5.50. The number of hydrogen-bond donors (Lipinski definition) is 4. The summed E-state index contributed by atoms with van der Waals surface area (Å²) in [6.07, 6.45) is -0.687. The molecule has 202 valence electrons. The minimum atomic E-state index is -1.34. The number of aromatic carboxylic acids is 1. The van der Waals surface area contributed by atoms with Gasteiger partial charge in [0.05, 0.1) is 42.5 Å². The highest BCUT2D eigenvalue weighted by Crippen LogP contribution is 2.40. The van der Waals surface area contributed by atoms with E-state index in [1.165, 1.54) is 45.4 Å². The molecule has 4 N–H and O–H groups in total. The Hall–Kier alpha value is -5.90. The molecule has 4 aromatic rings. The lowest BCUT2D eigenvalue weighted by Crippen LogP contribution is -2.15. The summed E-state index contributed by atoms with van der Waals surface area (Å²) >= 11 is 0. The third-order valence-electron chi connectivity index (χ3n) is 5.68. The summed E-state index contributed by atoms with van der Waals surface area (Å²) in [6.45, 7) is 1.31. The summed E-state index contributed by atoms with van der Waals surface area (Å²) in [5.74, 6) is -2.13. The average molecular weight is 543 g/mol. The summed E-state index contributed by atoms with van der Waals surface area (Å²) in [4.78, 5) is 48.6. The van der Waals surface area contributed by atoms with Crippen molar-refractivity contribution >= 4 is 51.9 Å². The van der Waals surface area contributed by atoms with Crippen molar-refractivity contribution in [2.24, 2.45) is 0 Å². The predicted molar refractivity (Wildman–Crippen MR) is 142 cm³/mol.